The van der Waals surface area contributed by atoms with Crippen LogP contribution in [0.4, 0.5) is 5.82 Å². The number of hydrogen-bond acceptors (Lipinski definition) is 3. The fourth-order valence-electron chi connectivity index (χ4n) is 2.85. The molecule has 0 bridgehead atoms. The third-order valence-corrected chi connectivity index (χ3v) is 3.86. The first-order chi connectivity index (χ1) is 8.13. The van der Waals surface area contributed by atoms with E-state index < -0.39 is 0 Å². The summed E-state index contributed by atoms with van der Waals surface area (Å²) in [5, 5.41) is 0. The van der Waals surface area contributed by atoms with Crippen molar-refractivity contribution in [2.75, 3.05) is 11.9 Å². The molecule has 1 fully saturated rings. The summed E-state index contributed by atoms with van der Waals surface area (Å²) in [5.41, 5.74) is 9.42. The molecular weight excluding hydrogens is 210 g/mol. The maximum absolute atomic E-state index is 5.87. The third kappa shape index (κ3) is 2.44. The second kappa shape index (κ2) is 5.05. The fourth-order valence-corrected chi connectivity index (χ4v) is 2.85. The molecule has 0 atom stereocenters. The molecule has 0 amide bonds. The Bertz CT molecular complexity index is 395. The summed E-state index contributed by atoms with van der Waals surface area (Å²) in [6.07, 6.45) is 5.26. The summed E-state index contributed by atoms with van der Waals surface area (Å²) in [7, 11) is 2.16. The maximum atomic E-state index is 5.87. The number of rotatable bonds is 3. The van der Waals surface area contributed by atoms with Crippen LogP contribution in [0, 0.1) is 13.8 Å². The van der Waals surface area contributed by atoms with E-state index >= 15 is 0 Å². The number of nitrogens with zero attached hydrogens (tertiary/aromatic N) is 2. The molecule has 1 saturated carbocycles. The molecule has 1 aliphatic carbocycles. The van der Waals surface area contributed by atoms with Crippen LogP contribution in [0.1, 0.15) is 42.5 Å². The number of nitrogens with two attached hydrogens (primary N) is 1. The van der Waals surface area contributed by atoms with Crippen molar-refractivity contribution in [3.05, 3.63) is 22.9 Å². The van der Waals surface area contributed by atoms with Gasteiger partial charge in [-0.15, -0.1) is 0 Å². The Morgan fingerprint density at radius 3 is 2.59 bits per heavy atom. The summed E-state index contributed by atoms with van der Waals surface area (Å²) in [6.45, 7) is 4.76. The monoisotopic (exact) mass is 233 g/mol. The van der Waals surface area contributed by atoms with Gasteiger partial charge >= 0.3 is 0 Å². The molecule has 0 aromatic carbocycles. The van der Waals surface area contributed by atoms with Crippen LogP contribution in [0.5, 0.6) is 0 Å². The molecule has 2 rings (SSSR count). The van der Waals surface area contributed by atoms with Crippen LogP contribution in [0.2, 0.25) is 0 Å². The van der Waals surface area contributed by atoms with Crippen molar-refractivity contribution in [1.82, 2.24) is 4.98 Å². The van der Waals surface area contributed by atoms with Crippen molar-refractivity contribution in [3.63, 3.8) is 0 Å². The van der Waals surface area contributed by atoms with E-state index in [9.17, 15) is 0 Å². The van der Waals surface area contributed by atoms with Gasteiger partial charge in [0.05, 0.1) is 0 Å². The molecule has 94 valence electrons. The van der Waals surface area contributed by atoms with Crippen LogP contribution < -0.4 is 10.6 Å². The molecule has 0 aliphatic heterocycles. The first-order valence-corrected chi connectivity index (χ1v) is 6.53. The van der Waals surface area contributed by atoms with Crippen LogP contribution >= 0.6 is 0 Å². The van der Waals surface area contributed by atoms with Gasteiger partial charge in [0.25, 0.3) is 0 Å². The average Bonchev–Trinajstić information content (AvgIpc) is 2.80. The average molecular weight is 233 g/mol. The number of aromatic nitrogens is 1. The zero-order chi connectivity index (χ0) is 12.4. The summed E-state index contributed by atoms with van der Waals surface area (Å²) in [4.78, 5) is 7.04. The van der Waals surface area contributed by atoms with Crippen LogP contribution in [0.25, 0.3) is 0 Å². The van der Waals surface area contributed by atoms with E-state index in [0.29, 0.717) is 12.6 Å². The van der Waals surface area contributed by atoms with Gasteiger partial charge in [-0.3, -0.25) is 0 Å². The Morgan fingerprint density at radius 2 is 2.00 bits per heavy atom. The number of hydrogen-bond donors (Lipinski definition) is 1. The lowest BCUT2D eigenvalue weighted by Crippen LogP contribution is -2.31. The molecule has 1 aromatic rings. The molecule has 3 nitrogen and oxygen atoms in total. The Labute approximate surface area is 104 Å². The second-order valence-electron chi connectivity index (χ2n) is 5.14. The Hall–Kier alpha value is -1.09. The molecule has 2 N–H and O–H groups in total. The van der Waals surface area contributed by atoms with Gasteiger partial charge in [-0.1, -0.05) is 12.8 Å². The highest BCUT2D eigenvalue weighted by Crippen LogP contribution is 2.29. The predicted octanol–water partition coefficient (Wildman–Crippen LogP) is 2.54. The Balaban J connectivity index is 2.35. The molecule has 0 saturated heterocycles. The quantitative estimate of drug-likeness (QED) is 0.872. The lowest BCUT2D eigenvalue weighted by atomic mass is 10.1. The number of pyridine rings is 1. The predicted molar refractivity (Wildman–Crippen MR) is 72.3 cm³/mol. The SMILES string of the molecule is Cc1cc(C)c(CN)c(N(C)C2CCCC2)n1. The first-order valence-electron chi connectivity index (χ1n) is 6.53. The normalized spacial score (nSPS) is 16.5. The van der Waals surface area contributed by atoms with Crippen LogP contribution in [0.15, 0.2) is 6.07 Å². The fraction of sp³-hybridized carbons (Fsp3) is 0.643. The summed E-state index contributed by atoms with van der Waals surface area (Å²) in [5.74, 6) is 1.09. The molecular formula is C14H23N3. The van der Waals surface area contributed by atoms with E-state index in [1.54, 1.807) is 0 Å². The van der Waals surface area contributed by atoms with Gasteiger partial charge < -0.3 is 10.6 Å². The van der Waals surface area contributed by atoms with Crippen molar-refractivity contribution < 1.29 is 0 Å². The molecule has 0 unspecified atom stereocenters. The van der Waals surface area contributed by atoms with Crippen molar-refractivity contribution in [2.45, 2.75) is 52.1 Å². The standard InChI is InChI=1S/C14H23N3/c1-10-8-11(2)16-14(13(10)9-15)17(3)12-6-4-5-7-12/h8,12H,4-7,9,15H2,1-3H3. The second-order valence-corrected chi connectivity index (χ2v) is 5.14. The van der Waals surface area contributed by atoms with E-state index in [-0.39, 0.29) is 0 Å². The van der Waals surface area contributed by atoms with Crippen molar-refractivity contribution >= 4 is 5.82 Å². The number of aryl methyl sites for hydroxylation is 2. The topological polar surface area (TPSA) is 42.1 Å². The van der Waals surface area contributed by atoms with Gasteiger partial charge in [-0.2, -0.15) is 0 Å². The minimum absolute atomic E-state index is 0.575. The third-order valence-electron chi connectivity index (χ3n) is 3.86. The van der Waals surface area contributed by atoms with E-state index in [0.717, 1.165) is 11.5 Å². The molecule has 1 aliphatic rings. The summed E-state index contributed by atoms with van der Waals surface area (Å²) < 4.78 is 0. The van der Waals surface area contributed by atoms with Crippen LogP contribution in [-0.2, 0) is 6.54 Å². The van der Waals surface area contributed by atoms with Crippen molar-refractivity contribution in [2.24, 2.45) is 5.73 Å². The zero-order valence-corrected chi connectivity index (χ0v) is 11.2. The van der Waals surface area contributed by atoms with Gasteiger partial charge in [0.15, 0.2) is 0 Å². The smallest absolute Gasteiger partial charge is 0.133 e. The van der Waals surface area contributed by atoms with Gasteiger partial charge in [0.2, 0.25) is 0 Å². The van der Waals surface area contributed by atoms with Gasteiger partial charge in [-0.05, 0) is 38.3 Å². The lowest BCUT2D eigenvalue weighted by Gasteiger charge is -2.28. The van der Waals surface area contributed by atoms with Crippen molar-refractivity contribution in [1.29, 1.82) is 0 Å². The van der Waals surface area contributed by atoms with E-state index in [1.807, 2.05) is 0 Å². The molecule has 0 radical (unpaired) electrons. The highest BCUT2D eigenvalue weighted by Gasteiger charge is 2.22. The van der Waals surface area contributed by atoms with Gasteiger partial charge in [0.1, 0.15) is 5.82 Å². The highest BCUT2D eigenvalue weighted by molar-refractivity contribution is 5.51. The largest absolute Gasteiger partial charge is 0.356 e. The molecule has 0 spiro atoms. The molecule has 3 heteroatoms. The Morgan fingerprint density at radius 1 is 1.35 bits per heavy atom. The highest BCUT2D eigenvalue weighted by atomic mass is 15.2. The minimum atomic E-state index is 0.575. The molecule has 1 heterocycles. The van der Waals surface area contributed by atoms with E-state index in [4.69, 9.17) is 10.7 Å². The summed E-state index contributed by atoms with van der Waals surface area (Å²) in [6, 6.07) is 2.77. The first kappa shape index (κ1) is 12.4. The molecule has 17 heavy (non-hydrogen) atoms. The van der Waals surface area contributed by atoms with E-state index in [1.165, 1.54) is 36.8 Å². The molecule has 1 aromatic heterocycles. The summed E-state index contributed by atoms with van der Waals surface area (Å²) >= 11 is 0. The van der Waals surface area contributed by atoms with E-state index in [2.05, 4.69) is 31.9 Å². The van der Waals surface area contributed by atoms with Crippen LogP contribution in [-0.4, -0.2) is 18.1 Å². The van der Waals surface area contributed by atoms with Crippen molar-refractivity contribution in [3.8, 4) is 0 Å². The number of anilines is 1. The van der Waals surface area contributed by atoms with Crippen LogP contribution in [0.3, 0.4) is 0 Å². The maximum Gasteiger partial charge on any atom is 0.133 e. The van der Waals surface area contributed by atoms with Gasteiger partial charge in [-0.25, -0.2) is 4.98 Å². The van der Waals surface area contributed by atoms with Gasteiger partial charge in [0, 0.05) is 30.9 Å². The Kier molecular flexibility index (Phi) is 3.67. The minimum Gasteiger partial charge on any atom is -0.356 e. The lowest BCUT2D eigenvalue weighted by molar-refractivity contribution is 0.642. The zero-order valence-electron chi connectivity index (χ0n) is 11.2.